The maximum atomic E-state index is 12.0. The maximum absolute atomic E-state index is 12.0. The lowest BCUT2D eigenvalue weighted by molar-refractivity contribution is -0.111. The predicted molar refractivity (Wildman–Crippen MR) is 92.1 cm³/mol. The van der Waals surface area contributed by atoms with Gasteiger partial charge >= 0.3 is 0 Å². The summed E-state index contributed by atoms with van der Waals surface area (Å²) in [5.41, 5.74) is 1.19. The Morgan fingerprint density at radius 3 is 2.45 bits per heavy atom. The first-order valence-corrected chi connectivity index (χ1v) is 7.40. The van der Waals surface area contributed by atoms with Crippen molar-refractivity contribution >= 4 is 52.5 Å². The minimum absolute atomic E-state index is 0.327. The fraction of sp³-hybridized carbons (Fsp3) is 0.0625. The number of rotatable bonds is 4. The summed E-state index contributed by atoms with van der Waals surface area (Å²) in [4.78, 5) is 12.0. The molecule has 0 heterocycles. The minimum Gasteiger partial charge on any atom is -0.495 e. The molecule has 1 amide bonds. The standard InChI is InChI=1S/C16H12Cl3NO2/c1-22-15-6-5-12(18)9-14(15)20-16(21)7-3-10-2-4-11(17)8-13(10)19/h2-9H,1H3,(H,20,21). The quantitative estimate of drug-likeness (QED) is 0.754. The van der Waals surface area contributed by atoms with Crippen LogP contribution in [0.5, 0.6) is 5.75 Å². The Morgan fingerprint density at radius 2 is 1.77 bits per heavy atom. The first-order chi connectivity index (χ1) is 10.5. The smallest absolute Gasteiger partial charge is 0.248 e. The van der Waals surface area contributed by atoms with Crippen LogP contribution in [0.1, 0.15) is 5.56 Å². The van der Waals surface area contributed by atoms with Crippen LogP contribution in [0.2, 0.25) is 15.1 Å². The topological polar surface area (TPSA) is 38.3 Å². The van der Waals surface area contributed by atoms with Gasteiger partial charge in [0.1, 0.15) is 5.75 Å². The van der Waals surface area contributed by atoms with E-state index in [0.717, 1.165) is 0 Å². The minimum atomic E-state index is -0.327. The van der Waals surface area contributed by atoms with Gasteiger partial charge in [0.25, 0.3) is 0 Å². The maximum Gasteiger partial charge on any atom is 0.248 e. The SMILES string of the molecule is COc1ccc(Cl)cc1NC(=O)C=Cc1ccc(Cl)cc1Cl. The van der Waals surface area contributed by atoms with Crippen LogP contribution < -0.4 is 10.1 Å². The molecule has 0 saturated heterocycles. The highest BCUT2D eigenvalue weighted by atomic mass is 35.5. The van der Waals surface area contributed by atoms with E-state index >= 15 is 0 Å². The molecule has 0 unspecified atom stereocenters. The molecular formula is C16H12Cl3NO2. The lowest BCUT2D eigenvalue weighted by Gasteiger charge is -2.09. The normalized spacial score (nSPS) is 10.7. The zero-order valence-electron chi connectivity index (χ0n) is 11.6. The van der Waals surface area contributed by atoms with Gasteiger partial charge in [-0.15, -0.1) is 0 Å². The third-order valence-corrected chi connectivity index (χ3v) is 3.59. The molecule has 0 bridgehead atoms. The zero-order chi connectivity index (χ0) is 16.1. The third kappa shape index (κ3) is 4.41. The van der Waals surface area contributed by atoms with Gasteiger partial charge in [0.15, 0.2) is 0 Å². The molecule has 114 valence electrons. The zero-order valence-corrected chi connectivity index (χ0v) is 13.8. The van der Waals surface area contributed by atoms with Crippen LogP contribution in [-0.2, 0) is 4.79 Å². The molecule has 0 aliphatic carbocycles. The molecule has 0 saturated carbocycles. The van der Waals surface area contributed by atoms with Gasteiger partial charge in [-0.25, -0.2) is 0 Å². The number of benzene rings is 2. The van der Waals surface area contributed by atoms with E-state index in [-0.39, 0.29) is 5.91 Å². The second-order valence-corrected chi connectivity index (χ2v) is 5.61. The summed E-state index contributed by atoms with van der Waals surface area (Å²) in [6, 6.07) is 10.0. The Hall–Kier alpha value is -1.68. The van der Waals surface area contributed by atoms with E-state index in [9.17, 15) is 4.79 Å². The van der Waals surface area contributed by atoms with Crippen LogP contribution in [0.3, 0.4) is 0 Å². The van der Waals surface area contributed by atoms with Gasteiger partial charge in [0.05, 0.1) is 12.8 Å². The van der Waals surface area contributed by atoms with Crippen LogP contribution in [0.25, 0.3) is 6.08 Å². The number of halogens is 3. The average Bonchev–Trinajstić information content (AvgIpc) is 2.46. The number of carbonyl (C=O) groups is 1. The summed E-state index contributed by atoms with van der Waals surface area (Å²) < 4.78 is 5.16. The number of hydrogen-bond donors (Lipinski definition) is 1. The number of nitrogens with one attached hydrogen (secondary N) is 1. The lowest BCUT2D eigenvalue weighted by atomic mass is 10.2. The molecule has 22 heavy (non-hydrogen) atoms. The Balaban J connectivity index is 2.13. The van der Waals surface area contributed by atoms with Gasteiger partial charge in [-0.3, -0.25) is 4.79 Å². The Kier molecular flexibility index (Phi) is 5.72. The molecule has 0 spiro atoms. The Labute approximate surface area is 143 Å². The number of hydrogen-bond acceptors (Lipinski definition) is 2. The van der Waals surface area contributed by atoms with Crippen molar-refractivity contribution in [1.29, 1.82) is 0 Å². The van der Waals surface area contributed by atoms with Crippen molar-refractivity contribution in [2.75, 3.05) is 12.4 Å². The lowest BCUT2D eigenvalue weighted by Crippen LogP contribution is -2.08. The van der Waals surface area contributed by atoms with Crippen molar-refractivity contribution in [2.24, 2.45) is 0 Å². The highest BCUT2D eigenvalue weighted by Crippen LogP contribution is 2.28. The van der Waals surface area contributed by atoms with E-state index < -0.39 is 0 Å². The number of methoxy groups -OCH3 is 1. The molecule has 0 aliphatic heterocycles. The molecule has 0 aliphatic rings. The van der Waals surface area contributed by atoms with E-state index in [1.165, 1.54) is 13.2 Å². The number of amides is 1. The fourth-order valence-corrected chi connectivity index (χ4v) is 2.40. The molecule has 2 aromatic rings. The fourth-order valence-electron chi connectivity index (χ4n) is 1.75. The molecule has 0 radical (unpaired) electrons. The van der Waals surface area contributed by atoms with E-state index in [1.807, 2.05) is 0 Å². The predicted octanol–water partition coefficient (Wildman–Crippen LogP) is 5.31. The van der Waals surface area contributed by atoms with E-state index in [4.69, 9.17) is 39.5 Å². The highest BCUT2D eigenvalue weighted by Gasteiger charge is 2.06. The number of ether oxygens (including phenoxy) is 1. The highest BCUT2D eigenvalue weighted by molar-refractivity contribution is 6.35. The molecule has 6 heteroatoms. The summed E-state index contributed by atoms with van der Waals surface area (Å²) in [5, 5.41) is 4.21. The summed E-state index contributed by atoms with van der Waals surface area (Å²) in [5.74, 6) is 0.197. The molecule has 3 nitrogen and oxygen atoms in total. The van der Waals surface area contributed by atoms with Gasteiger partial charge in [-0.05, 0) is 42.0 Å². The molecule has 0 fully saturated rings. The second-order valence-electron chi connectivity index (χ2n) is 4.33. The third-order valence-electron chi connectivity index (χ3n) is 2.80. The summed E-state index contributed by atoms with van der Waals surface area (Å²) in [6.45, 7) is 0. The van der Waals surface area contributed by atoms with Gasteiger partial charge < -0.3 is 10.1 Å². The van der Waals surface area contributed by atoms with Crippen molar-refractivity contribution < 1.29 is 9.53 Å². The summed E-state index contributed by atoms with van der Waals surface area (Å²) in [6.07, 6.45) is 2.97. The van der Waals surface area contributed by atoms with E-state index in [0.29, 0.717) is 32.1 Å². The van der Waals surface area contributed by atoms with Crippen molar-refractivity contribution in [3.63, 3.8) is 0 Å². The van der Waals surface area contributed by atoms with Crippen molar-refractivity contribution in [3.05, 3.63) is 63.1 Å². The van der Waals surface area contributed by atoms with Gasteiger partial charge in [-0.1, -0.05) is 40.9 Å². The molecule has 1 N–H and O–H groups in total. The molecule has 0 atom stereocenters. The second kappa shape index (κ2) is 7.54. The van der Waals surface area contributed by atoms with Crippen LogP contribution in [-0.4, -0.2) is 13.0 Å². The Morgan fingerprint density at radius 1 is 1.09 bits per heavy atom. The largest absolute Gasteiger partial charge is 0.495 e. The first kappa shape index (κ1) is 16.7. The van der Waals surface area contributed by atoms with E-state index in [1.54, 1.807) is 42.5 Å². The van der Waals surface area contributed by atoms with Gasteiger partial charge in [0, 0.05) is 21.1 Å². The first-order valence-electron chi connectivity index (χ1n) is 6.27. The number of carbonyl (C=O) groups excluding carboxylic acids is 1. The van der Waals surface area contributed by atoms with Crippen LogP contribution in [0, 0.1) is 0 Å². The van der Waals surface area contributed by atoms with Crippen LogP contribution >= 0.6 is 34.8 Å². The monoisotopic (exact) mass is 355 g/mol. The van der Waals surface area contributed by atoms with Crippen LogP contribution in [0.4, 0.5) is 5.69 Å². The average molecular weight is 357 g/mol. The van der Waals surface area contributed by atoms with Crippen molar-refractivity contribution in [3.8, 4) is 5.75 Å². The van der Waals surface area contributed by atoms with Gasteiger partial charge in [-0.2, -0.15) is 0 Å². The van der Waals surface area contributed by atoms with Gasteiger partial charge in [0.2, 0.25) is 5.91 Å². The Bertz CT molecular complexity index is 729. The van der Waals surface area contributed by atoms with Crippen LogP contribution in [0.15, 0.2) is 42.5 Å². The number of anilines is 1. The molecular weight excluding hydrogens is 345 g/mol. The summed E-state index contributed by atoms with van der Waals surface area (Å²) in [7, 11) is 1.52. The van der Waals surface area contributed by atoms with Crippen molar-refractivity contribution in [1.82, 2.24) is 0 Å². The molecule has 2 aromatic carbocycles. The van der Waals surface area contributed by atoms with E-state index in [2.05, 4.69) is 5.32 Å². The van der Waals surface area contributed by atoms with Crippen molar-refractivity contribution in [2.45, 2.75) is 0 Å². The molecule has 2 rings (SSSR count). The molecule has 0 aromatic heterocycles. The summed E-state index contributed by atoms with van der Waals surface area (Å²) >= 11 is 17.8.